The van der Waals surface area contributed by atoms with E-state index in [9.17, 15) is 4.39 Å². The molecule has 0 aliphatic rings. The molecule has 0 saturated carbocycles. The van der Waals surface area contributed by atoms with Gasteiger partial charge in [-0.1, -0.05) is 24.2 Å². The number of aryl methyl sites for hydroxylation is 2. The smallest absolute Gasteiger partial charge is 0.119 e. The molecule has 0 heterocycles. The predicted octanol–water partition coefficient (Wildman–Crippen LogP) is 3.90. The van der Waals surface area contributed by atoms with Gasteiger partial charge in [-0.2, -0.15) is 0 Å². The molecule has 0 radical (unpaired) electrons. The number of alkyl halides is 1. The minimum Gasteiger partial charge on any atom is -0.491 e. The Morgan fingerprint density at radius 3 is 2.15 bits per heavy atom. The summed E-state index contributed by atoms with van der Waals surface area (Å²) in [7, 11) is 1.83. The average Bonchev–Trinajstić information content (AvgIpc) is 2.70. The van der Waals surface area contributed by atoms with Gasteiger partial charge in [-0.15, -0.1) is 0 Å². The Kier molecular flexibility index (Phi) is 8.17. The summed E-state index contributed by atoms with van der Waals surface area (Å²) < 4.78 is 44.0. The fourth-order valence-electron chi connectivity index (χ4n) is 2.32. The molecule has 0 fully saturated rings. The van der Waals surface area contributed by atoms with E-state index in [2.05, 4.69) is 5.32 Å². The maximum absolute atomic E-state index is 11.8. The lowest BCUT2D eigenvalue weighted by molar-refractivity contribution is 0.0325. The zero-order valence-electron chi connectivity index (χ0n) is 17.2. The van der Waals surface area contributed by atoms with Gasteiger partial charge in [-0.3, -0.25) is 0 Å². The first-order valence-corrected chi connectivity index (χ1v) is 8.85. The number of hydrogen-bond donors (Lipinski definition) is 1. The van der Waals surface area contributed by atoms with Gasteiger partial charge in [-0.05, 0) is 48.2 Å². The summed E-state index contributed by atoms with van der Waals surface area (Å²) in [6.07, 6.45) is 1.42. The van der Waals surface area contributed by atoms with E-state index in [0.717, 1.165) is 16.8 Å². The highest BCUT2D eigenvalue weighted by atomic mass is 19.1. The molecule has 0 amide bonds. The van der Waals surface area contributed by atoms with Crippen LogP contribution in [0.1, 0.15) is 13.9 Å². The fraction of sp³-hybridized carbons (Fsp3) is 0.429. The average molecular weight is 363 g/mol. The second kappa shape index (κ2) is 12.3. The van der Waals surface area contributed by atoms with Crippen LogP contribution < -0.4 is 10.1 Å². The third-order valence-corrected chi connectivity index (χ3v) is 3.77. The molecule has 2 aromatic carbocycles. The fourth-order valence-corrected chi connectivity index (χ4v) is 2.32. The summed E-state index contributed by atoms with van der Waals surface area (Å²) in [5.41, 5.74) is 2.81. The number of hydrogen-bond acceptors (Lipinski definition) is 4. The first-order valence-electron chi connectivity index (χ1n) is 9.85. The Labute approximate surface area is 158 Å². The largest absolute Gasteiger partial charge is 0.491 e. The molecule has 0 spiro atoms. The highest BCUT2D eigenvalue weighted by Gasteiger charge is 1.99. The van der Waals surface area contributed by atoms with Gasteiger partial charge in [0.05, 0.1) is 29.2 Å². The van der Waals surface area contributed by atoms with Gasteiger partial charge in [-0.25, -0.2) is 4.39 Å². The maximum atomic E-state index is 11.8. The van der Waals surface area contributed by atoms with Crippen LogP contribution in [-0.2, 0) is 22.3 Å². The summed E-state index contributed by atoms with van der Waals surface area (Å²) in [6, 6.07) is 12.1. The molecule has 5 heteroatoms. The molecule has 4 nitrogen and oxygen atoms in total. The van der Waals surface area contributed by atoms with Crippen molar-refractivity contribution in [3.8, 4) is 5.75 Å². The van der Waals surface area contributed by atoms with Gasteiger partial charge in [0, 0.05) is 12.7 Å². The number of nitrogens with one attached hydrogen (secondary N) is 1. The lowest BCUT2D eigenvalue weighted by Crippen LogP contribution is -2.11. The molecule has 0 unspecified atom stereocenters. The Morgan fingerprint density at radius 2 is 1.50 bits per heavy atom. The zero-order chi connectivity index (χ0) is 20.2. The van der Waals surface area contributed by atoms with Crippen molar-refractivity contribution in [3.63, 3.8) is 0 Å². The highest BCUT2D eigenvalue weighted by molar-refractivity contribution is 5.44. The lowest BCUT2D eigenvalue weighted by atomic mass is 10.0. The summed E-state index contributed by atoms with van der Waals surface area (Å²) in [5.74, 6) is 0.630. The van der Waals surface area contributed by atoms with E-state index in [1.165, 1.54) is 0 Å². The van der Waals surface area contributed by atoms with E-state index in [0.29, 0.717) is 57.1 Å². The second-order valence-electron chi connectivity index (χ2n) is 5.66. The molecule has 0 saturated heterocycles. The quantitative estimate of drug-likeness (QED) is 0.548. The van der Waals surface area contributed by atoms with E-state index < -0.39 is 6.67 Å². The van der Waals surface area contributed by atoms with Crippen molar-refractivity contribution in [1.29, 1.82) is 0 Å². The number of halogens is 1. The van der Waals surface area contributed by atoms with Crippen LogP contribution in [0.4, 0.5) is 10.1 Å². The van der Waals surface area contributed by atoms with Crippen molar-refractivity contribution in [2.24, 2.45) is 0 Å². The highest BCUT2D eigenvalue weighted by Crippen LogP contribution is 2.15. The molecule has 0 aliphatic carbocycles. The van der Waals surface area contributed by atoms with Gasteiger partial charge in [0.15, 0.2) is 0 Å². The Balaban J connectivity index is 1.74. The molecule has 0 aromatic heterocycles. The lowest BCUT2D eigenvalue weighted by Gasteiger charge is -2.08. The molecule has 0 bridgehead atoms. The van der Waals surface area contributed by atoms with Crippen LogP contribution in [-0.4, -0.2) is 46.8 Å². The summed E-state index contributed by atoms with van der Waals surface area (Å²) >= 11 is 0. The molecular formula is C21H28FNO3. The van der Waals surface area contributed by atoms with Gasteiger partial charge in [0.1, 0.15) is 19.0 Å². The maximum Gasteiger partial charge on any atom is 0.119 e. The van der Waals surface area contributed by atoms with Gasteiger partial charge >= 0.3 is 0 Å². The Bertz CT molecular complexity index is 731. The van der Waals surface area contributed by atoms with Crippen LogP contribution in [0.15, 0.2) is 48.5 Å². The van der Waals surface area contributed by atoms with Gasteiger partial charge in [0.2, 0.25) is 0 Å². The Morgan fingerprint density at radius 1 is 0.846 bits per heavy atom. The third kappa shape index (κ3) is 7.85. The van der Waals surface area contributed by atoms with Crippen LogP contribution in [0.3, 0.4) is 0 Å². The first-order chi connectivity index (χ1) is 13.6. The number of rotatable bonds is 13. The topological polar surface area (TPSA) is 39.7 Å². The number of anilines is 1. The molecule has 1 N–H and O–H groups in total. The number of ether oxygens (including phenoxy) is 3. The van der Waals surface area contributed by atoms with E-state index >= 15 is 0 Å². The summed E-state index contributed by atoms with van der Waals surface area (Å²) in [5, 5.41) is 3.03. The molecule has 0 aliphatic heterocycles. The second-order valence-corrected chi connectivity index (χ2v) is 5.66. The van der Waals surface area contributed by atoms with Crippen molar-refractivity contribution in [1.82, 2.24) is 0 Å². The summed E-state index contributed by atoms with van der Waals surface area (Å²) in [4.78, 5) is 0. The van der Waals surface area contributed by atoms with Crippen LogP contribution in [0.25, 0.3) is 0 Å². The predicted molar refractivity (Wildman–Crippen MR) is 103 cm³/mol. The molecule has 2 aromatic rings. The molecule has 142 valence electrons. The van der Waals surface area contributed by atoms with E-state index in [1.54, 1.807) is 6.07 Å². The van der Waals surface area contributed by atoms with Crippen LogP contribution in [0, 0.1) is 0 Å². The van der Waals surface area contributed by atoms with E-state index in [-0.39, 0.29) is 6.61 Å². The van der Waals surface area contributed by atoms with Gasteiger partial charge < -0.3 is 19.5 Å². The standard InChI is InChI=1S/C21H28FNO3/c1-23-20-8-4-18(5-9-20)2-3-19-6-10-21(11-7-19)26-17-16-25-15-14-24-13-12-22/h4-11,23H,2-3,12-17H2,1H3/i4D,6D. The van der Waals surface area contributed by atoms with Crippen molar-refractivity contribution < 1.29 is 21.3 Å². The minimum atomic E-state index is -0.485. The molecule has 2 rings (SSSR count). The van der Waals surface area contributed by atoms with Crippen LogP contribution in [0.5, 0.6) is 5.75 Å². The van der Waals surface area contributed by atoms with E-state index in [4.69, 9.17) is 17.0 Å². The first kappa shape index (κ1) is 17.3. The molecule has 0 atom stereocenters. The van der Waals surface area contributed by atoms with E-state index in [1.807, 2.05) is 37.4 Å². The molecular weight excluding hydrogens is 333 g/mol. The normalized spacial score (nSPS) is 11.8. The number of benzene rings is 2. The van der Waals surface area contributed by atoms with Crippen LogP contribution >= 0.6 is 0 Å². The van der Waals surface area contributed by atoms with Crippen molar-refractivity contribution in [2.75, 3.05) is 52.1 Å². The Hall–Kier alpha value is -2.11. The molecule has 26 heavy (non-hydrogen) atoms. The monoisotopic (exact) mass is 363 g/mol. The van der Waals surface area contributed by atoms with Gasteiger partial charge in [0.25, 0.3) is 0 Å². The third-order valence-electron chi connectivity index (χ3n) is 3.77. The van der Waals surface area contributed by atoms with Crippen molar-refractivity contribution >= 4 is 5.69 Å². The van der Waals surface area contributed by atoms with Crippen LogP contribution in [0.2, 0.25) is 0 Å². The van der Waals surface area contributed by atoms with Crippen molar-refractivity contribution in [2.45, 2.75) is 12.8 Å². The zero-order valence-corrected chi connectivity index (χ0v) is 15.2. The SMILES string of the molecule is [2H]c1cc(NC)ccc1CCc1ccc(OCCOCCOCCF)cc1[2H]. The van der Waals surface area contributed by atoms with Crippen molar-refractivity contribution in [3.05, 3.63) is 59.6 Å². The minimum absolute atomic E-state index is 0.100. The summed E-state index contributed by atoms with van der Waals surface area (Å²) in [6.45, 7) is 1.17.